The average molecular weight is 379 g/mol. The molecule has 134 valence electrons. The molecule has 2 heterocycles. The average Bonchev–Trinajstić information content (AvgIpc) is 2.80. The second-order valence-electron chi connectivity index (χ2n) is 6.64. The van der Waals surface area contributed by atoms with Crippen molar-refractivity contribution < 1.29 is 4.74 Å². The molecule has 0 N–H and O–H groups in total. The number of pyridine rings is 1. The highest BCUT2D eigenvalue weighted by Crippen LogP contribution is 2.31. The number of nitrogens with zero attached hydrogens (tertiary/aromatic N) is 2. The minimum Gasteiger partial charge on any atom is -0.471 e. The summed E-state index contributed by atoms with van der Waals surface area (Å²) in [6, 6.07) is 9.79. The number of fused-ring (bicyclic) bond motifs is 1. The van der Waals surface area contributed by atoms with Crippen molar-refractivity contribution in [2.75, 3.05) is 0 Å². The fourth-order valence-corrected chi connectivity index (χ4v) is 3.12. The van der Waals surface area contributed by atoms with E-state index >= 15 is 0 Å². The van der Waals surface area contributed by atoms with E-state index in [-0.39, 0.29) is 12.4 Å². The Morgan fingerprint density at radius 3 is 2.44 bits per heavy atom. The molecule has 0 atom stereocenters. The number of halogens is 2. The maximum atomic E-state index is 6.06. The molecular formula is C20H24Cl2N2O. The van der Waals surface area contributed by atoms with Gasteiger partial charge in [0.15, 0.2) is 0 Å². The van der Waals surface area contributed by atoms with Gasteiger partial charge < -0.3 is 9.30 Å². The van der Waals surface area contributed by atoms with E-state index in [4.69, 9.17) is 16.3 Å². The van der Waals surface area contributed by atoms with Gasteiger partial charge in [0, 0.05) is 28.8 Å². The molecule has 5 heteroatoms. The zero-order chi connectivity index (χ0) is 17.3. The molecule has 2 aromatic heterocycles. The Kier molecular flexibility index (Phi) is 6.36. The van der Waals surface area contributed by atoms with Gasteiger partial charge in [0.25, 0.3) is 0 Å². The minimum absolute atomic E-state index is 0. The summed E-state index contributed by atoms with van der Waals surface area (Å²) in [4.78, 5) is 4.49. The predicted molar refractivity (Wildman–Crippen MR) is 107 cm³/mol. The normalized spacial score (nSPS) is 11.0. The quantitative estimate of drug-likeness (QED) is 0.547. The molecule has 3 nitrogen and oxygen atoms in total. The first kappa shape index (κ1) is 19.6. The lowest BCUT2D eigenvalue weighted by Gasteiger charge is -2.14. The molecule has 0 fully saturated rings. The topological polar surface area (TPSA) is 27.1 Å². The van der Waals surface area contributed by atoms with Gasteiger partial charge in [-0.05, 0) is 49.1 Å². The summed E-state index contributed by atoms with van der Waals surface area (Å²) in [5, 5.41) is 1.95. The predicted octanol–water partition coefficient (Wildman–Crippen LogP) is 5.96. The summed E-state index contributed by atoms with van der Waals surface area (Å²) < 4.78 is 8.39. The Morgan fingerprint density at radius 1 is 1.12 bits per heavy atom. The smallest absolute Gasteiger partial charge is 0.238 e. The molecule has 3 rings (SSSR count). The van der Waals surface area contributed by atoms with Crippen LogP contribution in [0.25, 0.3) is 10.9 Å². The van der Waals surface area contributed by atoms with Crippen molar-refractivity contribution in [1.29, 1.82) is 0 Å². The number of hydrogen-bond acceptors (Lipinski definition) is 2. The molecule has 0 radical (unpaired) electrons. The Balaban J connectivity index is 0.00000225. The van der Waals surface area contributed by atoms with Crippen LogP contribution < -0.4 is 4.74 Å². The third-order valence-corrected chi connectivity index (χ3v) is 4.60. The van der Waals surface area contributed by atoms with Crippen LogP contribution in [0.15, 0.2) is 36.5 Å². The molecule has 0 unspecified atom stereocenters. The summed E-state index contributed by atoms with van der Waals surface area (Å²) in [6.45, 7) is 10.2. The fourth-order valence-electron chi connectivity index (χ4n) is 2.99. The molecule has 0 bridgehead atoms. The molecule has 0 amide bonds. The van der Waals surface area contributed by atoms with Gasteiger partial charge in [-0.2, -0.15) is 0 Å². The number of benzene rings is 1. The maximum Gasteiger partial charge on any atom is 0.238 e. The van der Waals surface area contributed by atoms with E-state index in [0.29, 0.717) is 18.4 Å². The molecule has 0 aliphatic heterocycles. The van der Waals surface area contributed by atoms with Crippen molar-refractivity contribution in [3.63, 3.8) is 0 Å². The lowest BCUT2D eigenvalue weighted by molar-refractivity contribution is 0.296. The van der Waals surface area contributed by atoms with E-state index in [2.05, 4.69) is 43.3 Å². The molecule has 0 aliphatic carbocycles. The Morgan fingerprint density at radius 2 is 1.80 bits per heavy atom. The third-order valence-electron chi connectivity index (χ3n) is 4.35. The van der Waals surface area contributed by atoms with Crippen LogP contribution in [0, 0.1) is 19.8 Å². The van der Waals surface area contributed by atoms with Gasteiger partial charge in [0.1, 0.15) is 12.1 Å². The molecule has 3 aromatic rings. The number of aryl methyl sites for hydroxylation is 1. The number of rotatable bonds is 5. The Labute approximate surface area is 160 Å². The van der Waals surface area contributed by atoms with Crippen molar-refractivity contribution >= 4 is 34.9 Å². The molecule has 0 aliphatic rings. The third kappa shape index (κ3) is 4.10. The van der Waals surface area contributed by atoms with Crippen LogP contribution >= 0.6 is 24.0 Å². The first-order valence-electron chi connectivity index (χ1n) is 8.29. The van der Waals surface area contributed by atoms with Gasteiger partial charge in [0.2, 0.25) is 5.88 Å². The van der Waals surface area contributed by atoms with Crippen LogP contribution in [0.2, 0.25) is 5.02 Å². The van der Waals surface area contributed by atoms with E-state index in [1.54, 1.807) is 0 Å². The van der Waals surface area contributed by atoms with Crippen LogP contribution in [0.5, 0.6) is 5.88 Å². The zero-order valence-corrected chi connectivity index (χ0v) is 16.6. The van der Waals surface area contributed by atoms with Gasteiger partial charge in [-0.1, -0.05) is 37.6 Å². The summed E-state index contributed by atoms with van der Waals surface area (Å²) in [6.07, 6.45) is 1.83. The van der Waals surface area contributed by atoms with Crippen LogP contribution in [-0.2, 0) is 13.2 Å². The molecule has 0 saturated heterocycles. The van der Waals surface area contributed by atoms with Gasteiger partial charge >= 0.3 is 0 Å². The molecule has 25 heavy (non-hydrogen) atoms. The van der Waals surface area contributed by atoms with Crippen LogP contribution in [0.3, 0.4) is 0 Å². The highest BCUT2D eigenvalue weighted by Gasteiger charge is 2.17. The van der Waals surface area contributed by atoms with Crippen molar-refractivity contribution in [1.82, 2.24) is 9.55 Å². The first-order valence-corrected chi connectivity index (χ1v) is 8.66. The number of ether oxygens (including phenoxy) is 1. The SMILES string of the molecule is Cc1c(C)n(CC(C)C)c2c(OCc3ccc(Cl)cc3)nccc12.Cl. The monoisotopic (exact) mass is 378 g/mol. The first-order chi connectivity index (χ1) is 11.5. The summed E-state index contributed by atoms with van der Waals surface area (Å²) >= 11 is 5.94. The highest BCUT2D eigenvalue weighted by molar-refractivity contribution is 6.30. The fraction of sp³-hybridized carbons (Fsp3) is 0.350. The van der Waals surface area contributed by atoms with Crippen molar-refractivity contribution in [2.24, 2.45) is 5.92 Å². The molecule has 0 spiro atoms. The summed E-state index contributed by atoms with van der Waals surface area (Å²) in [5.74, 6) is 1.25. The van der Waals surface area contributed by atoms with Gasteiger partial charge in [-0.15, -0.1) is 12.4 Å². The Hall–Kier alpha value is -1.71. The number of hydrogen-bond donors (Lipinski definition) is 0. The van der Waals surface area contributed by atoms with E-state index in [1.165, 1.54) is 16.6 Å². The van der Waals surface area contributed by atoms with E-state index in [9.17, 15) is 0 Å². The van der Waals surface area contributed by atoms with Crippen molar-refractivity contribution in [3.8, 4) is 5.88 Å². The lowest BCUT2D eigenvalue weighted by Crippen LogP contribution is -2.08. The van der Waals surface area contributed by atoms with E-state index < -0.39 is 0 Å². The van der Waals surface area contributed by atoms with Gasteiger partial charge in [0.05, 0.1) is 0 Å². The van der Waals surface area contributed by atoms with Gasteiger partial charge in [-0.25, -0.2) is 4.98 Å². The zero-order valence-electron chi connectivity index (χ0n) is 15.0. The van der Waals surface area contributed by atoms with Crippen LogP contribution in [0.4, 0.5) is 0 Å². The summed E-state index contributed by atoms with van der Waals surface area (Å²) in [7, 11) is 0. The standard InChI is InChI=1S/C20H23ClN2O.ClH/c1-13(2)11-23-15(4)14(3)18-9-10-22-20(19(18)23)24-12-16-5-7-17(21)8-6-16;/h5-10,13H,11-12H2,1-4H3;1H. The Bertz CT molecular complexity index is 854. The largest absolute Gasteiger partial charge is 0.471 e. The lowest BCUT2D eigenvalue weighted by atomic mass is 10.2. The highest BCUT2D eigenvalue weighted by atomic mass is 35.5. The minimum atomic E-state index is 0. The van der Waals surface area contributed by atoms with Crippen molar-refractivity contribution in [2.45, 2.75) is 40.8 Å². The van der Waals surface area contributed by atoms with Crippen molar-refractivity contribution in [3.05, 3.63) is 58.4 Å². The second-order valence-corrected chi connectivity index (χ2v) is 7.08. The van der Waals surface area contributed by atoms with E-state index in [0.717, 1.165) is 22.6 Å². The summed E-state index contributed by atoms with van der Waals surface area (Å²) in [5.41, 5.74) is 4.75. The second kappa shape index (κ2) is 8.11. The maximum absolute atomic E-state index is 6.06. The van der Waals surface area contributed by atoms with Crippen LogP contribution in [-0.4, -0.2) is 9.55 Å². The van der Waals surface area contributed by atoms with E-state index in [1.807, 2.05) is 30.5 Å². The van der Waals surface area contributed by atoms with Gasteiger partial charge in [-0.3, -0.25) is 0 Å². The molecular weight excluding hydrogens is 355 g/mol. The van der Waals surface area contributed by atoms with Crippen LogP contribution in [0.1, 0.15) is 30.7 Å². The molecule has 1 aromatic carbocycles. The number of aromatic nitrogens is 2. The molecule has 0 saturated carbocycles.